The summed E-state index contributed by atoms with van der Waals surface area (Å²) in [6, 6.07) is 15.7. The van der Waals surface area contributed by atoms with E-state index in [2.05, 4.69) is 5.32 Å². The van der Waals surface area contributed by atoms with E-state index in [9.17, 15) is 9.59 Å². The molecule has 27 heavy (non-hydrogen) atoms. The number of benzene rings is 2. The van der Waals surface area contributed by atoms with E-state index in [0.717, 1.165) is 0 Å². The van der Waals surface area contributed by atoms with Crippen LogP contribution in [0, 0.1) is 5.92 Å². The zero-order valence-corrected chi connectivity index (χ0v) is 16.1. The summed E-state index contributed by atoms with van der Waals surface area (Å²) in [7, 11) is 0. The van der Waals surface area contributed by atoms with Gasteiger partial charge in [-0.25, -0.2) is 9.59 Å². The molecule has 6 nitrogen and oxygen atoms in total. The SMILES string of the molecule is CC(C)COC(=O)Nc1cccc(OC(=O)N(CCCl)c2ccccc2)c1. The number of carbonyl (C=O) groups is 2. The molecular formula is C20H23ClN2O4. The summed E-state index contributed by atoms with van der Waals surface area (Å²) in [4.78, 5) is 25.8. The number of amides is 2. The Labute approximate surface area is 164 Å². The van der Waals surface area contributed by atoms with Crippen LogP contribution in [0.3, 0.4) is 0 Å². The van der Waals surface area contributed by atoms with Gasteiger partial charge in [0.2, 0.25) is 0 Å². The number of halogens is 1. The minimum Gasteiger partial charge on any atom is -0.449 e. The van der Waals surface area contributed by atoms with Crippen molar-refractivity contribution in [2.45, 2.75) is 13.8 Å². The maximum absolute atomic E-state index is 12.5. The predicted octanol–water partition coefficient (Wildman–Crippen LogP) is 5.14. The molecule has 2 aromatic carbocycles. The summed E-state index contributed by atoms with van der Waals surface area (Å²) in [5.41, 5.74) is 1.16. The van der Waals surface area contributed by atoms with Gasteiger partial charge in [0.25, 0.3) is 0 Å². The number of para-hydroxylation sites is 1. The molecule has 144 valence electrons. The highest BCUT2D eigenvalue weighted by Gasteiger charge is 2.17. The quantitative estimate of drug-likeness (QED) is 0.665. The lowest BCUT2D eigenvalue weighted by Crippen LogP contribution is -2.35. The first-order valence-electron chi connectivity index (χ1n) is 8.63. The van der Waals surface area contributed by atoms with Gasteiger partial charge >= 0.3 is 12.2 Å². The van der Waals surface area contributed by atoms with Crippen LogP contribution in [0.5, 0.6) is 5.75 Å². The van der Waals surface area contributed by atoms with Gasteiger partial charge in [-0.05, 0) is 30.2 Å². The molecule has 0 aliphatic rings. The number of hydrogen-bond acceptors (Lipinski definition) is 4. The zero-order valence-electron chi connectivity index (χ0n) is 15.4. The van der Waals surface area contributed by atoms with Crippen LogP contribution in [0.4, 0.5) is 21.0 Å². The summed E-state index contributed by atoms with van der Waals surface area (Å²) in [6.07, 6.45) is -1.11. The van der Waals surface area contributed by atoms with Crippen molar-refractivity contribution in [2.75, 3.05) is 29.2 Å². The smallest absolute Gasteiger partial charge is 0.419 e. The summed E-state index contributed by atoms with van der Waals surface area (Å²) < 4.78 is 10.5. The van der Waals surface area contributed by atoms with Crippen molar-refractivity contribution >= 4 is 35.2 Å². The van der Waals surface area contributed by atoms with Gasteiger partial charge in [0, 0.05) is 29.9 Å². The Morgan fingerprint density at radius 3 is 2.52 bits per heavy atom. The lowest BCUT2D eigenvalue weighted by Gasteiger charge is -2.21. The van der Waals surface area contributed by atoms with E-state index < -0.39 is 12.2 Å². The Kier molecular flexibility index (Phi) is 7.95. The van der Waals surface area contributed by atoms with E-state index in [1.165, 1.54) is 4.90 Å². The number of alkyl halides is 1. The fourth-order valence-electron chi connectivity index (χ4n) is 2.21. The van der Waals surface area contributed by atoms with Gasteiger partial charge in [-0.2, -0.15) is 0 Å². The second-order valence-electron chi connectivity index (χ2n) is 6.19. The molecule has 0 unspecified atom stereocenters. The highest BCUT2D eigenvalue weighted by Crippen LogP contribution is 2.21. The van der Waals surface area contributed by atoms with Crippen LogP contribution in [-0.4, -0.2) is 31.2 Å². The van der Waals surface area contributed by atoms with Gasteiger partial charge in [-0.1, -0.05) is 38.1 Å². The molecule has 1 N–H and O–H groups in total. The normalized spacial score (nSPS) is 10.4. The van der Waals surface area contributed by atoms with Gasteiger partial charge < -0.3 is 9.47 Å². The van der Waals surface area contributed by atoms with E-state index in [-0.39, 0.29) is 11.8 Å². The van der Waals surface area contributed by atoms with E-state index in [4.69, 9.17) is 21.1 Å². The van der Waals surface area contributed by atoms with Crippen LogP contribution in [0.15, 0.2) is 54.6 Å². The molecule has 0 saturated heterocycles. The van der Waals surface area contributed by atoms with Crippen LogP contribution < -0.4 is 15.0 Å². The first kappa shape index (κ1) is 20.6. The molecule has 0 spiro atoms. The Balaban J connectivity index is 2.03. The fourth-order valence-corrected chi connectivity index (χ4v) is 2.38. The highest BCUT2D eigenvalue weighted by atomic mass is 35.5. The largest absolute Gasteiger partial charge is 0.449 e. The van der Waals surface area contributed by atoms with E-state index in [1.54, 1.807) is 36.4 Å². The molecular weight excluding hydrogens is 368 g/mol. The second-order valence-corrected chi connectivity index (χ2v) is 6.57. The van der Waals surface area contributed by atoms with E-state index in [0.29, 0.717) is 30.3 Å². The molecule has 2 amide bonds. The third-order valence-corrected chi connectivity index (χ3v) is 3.60. The van der Waals surface area contributed by atoms with Crippen molar-refractivity contribution in [1.29, 1.82) is 0 Å². The lowest BCUT2D eigenvalue weighted by atomic mass is 10.2. The Morgan fingerprint density at radius 1 is 1.11 bits per heavy atom. The number of nitrogens with zero attached hydrogens (tertiary/aromatic N) is 1. The molecule has 2 aromatic rings. The average Bonchev–Trinajstić information content (AvgIpc) is 2.65. The summed E-state index contributed by atoms with van der Waals surface area (Å²) in [5, 5.41) is 2.61. The van der Waals surface area contributed by atoms with Gasteiger partial charge in [0.1, 0.15) is 5.75 Å². The number of hydrogen-bond donors (Lipinski definition) is 1. The maximum Gasteiger partial charge on any atom is 0.419 e. The molecule has 0 aliphatic carbocycles. The molecule has 0 bridgehead atoms. The van der Waals surface area contributed by atoms with Crippen LogP contribution in [-0.2, 0) is 4.74 Å². The van der Waals surface area contributed by atoms with Crippen LogP contribution in [0.2, 0.25) is 0 Å². The van der Waals surface area contributed by atoms with Crippen molar-refractivity contribution in [3.05, 3.63) is 54.6 Å². The first-order valence-corrected chi connectivity index (χ1v) is 9.17. The third-order valence-electron chi connectivity index (χ3n) is 3.43. The number of anilines is 2. The lowest BCUT2D eigenvalue weighted by molar-refractivity contribution is 0.147. The molecule has 0 aliphatic heterocycles. The third kappa shape index (κ3) is 6.83. The van der Waals surface area contributed by atoms with Gasteiger partial charge in [0.15, 0.2) is 0 Å². The summed E-state index contributed by atoms with van der Waals surface area (Å²) >= 11 is 5.82. The number of rotatable bonds is 7. The highest BCUT2D eigenvalue weighted by molar-refractivity contribution is 6.18. The van der Waals surface area contributed by atoms with Crippen molar-refractivity contribution in [2.24, 2.45) is 5.92 Å². The van der Waals surface area contributed by atoms with Crippen LogP contribution >= 0.6 is 11.6 Å². The standard InChI is InChI=1S/C20H23ClN2O4/c1-15(2)14-26-19(24)22-16-7-6-10-18(13-16)27-20(25)23(12-11-21)17-8-4-3-5-9-17/h3-10,13,15H,11-12,14H2,1-2H3,(H,22,24). The minimum absolute atomic E-state index is 0.244. The number of carbonyl (C=O) groups excluding carboxylic acids is 2. The van der Waals surface area contributed by atoms with Gasteiger partial charge in [0.05, 0.1) is 6.61 Å². The maximum atomic E-state index is 12.5. The van der Waals surface area contributed by atoms with Crippen molar-refractivity contribution in [3.63, 3.8) is 0 Å². The van der Waals surface area contributed by atoms with Crippen LogP contribution in [0.1, 0.15) is 13.8 Å². The molecule has 7 heteroatoms. The minimum atomic E-state index is -0.555. The summed E-state index contributed by atoms with van der Waals surface area (Å²) in [5.74, 6) is 0.818. The predicted molar refractivity (Wildman–Crippen MR) is 107 cm³/mol. The Hall–Kier alpha value is -2.73. The number of ether oxygens (including phenoxy) is 2. The van der Waals surface area contributed by atoms with E-state index in [1.807, 2.05) is 32.0 Å². The second kappa shape index (κ2) is 10.4. The number of nitrogens with one attached hydrogen (secondary N) is 1. The fraction of sp³-hybridized carbons (Fsp3) is 0.300. The summed E-state index contributed by atoms with van der Waals surface area (Å²) in [6.45, 7) is 4.54. The molecule has 2 rings (SSSR count). The first-order chi connectivity index (χ1) is 13.0. The van der Waals surface area contributed by atoms with Crippen molar-refractivity contribution in [1.82, 2.24) is 0 Å². The molecule has 0 radical (unpaired) electrons. The van der Waals surface area contributed by atoms with Crippen LogP contribution in [0.25, 0.3) is 0 Å². The molecule has 0 heterocycles. The Bertz CT molecular complexity index is 753. The monoisotopic (exact) mass is 390 g/mol. The molecule has 0 aromatic heterocycles. The molecule has 0 atom stereocenters. The molecule has 0 saturated carbocycles. The van der Waals surface area contributed by atoms with E-state index >= 15 is 0 Å². The van der Waals surface area contributed by atoms with Gasteiger partial charge in [-0.15, -0.1) is 11.6 Å². The molecule has 0 fully saturated rings. The topological polar surface area (TPSA) is 67.9 Å². The van der Waals surface area contributed by atoms with Gasteiger partial charge in [-0.3, -0.25) is 10.2 Å². The average molecular weight is 391 g/mol. The van der Waals surface area contributed by atoms with Crippen molar-refractivity contribution in [3.8, 4) is 5.75 Å². The zero-order chi connectivity index (χ0) is 19.6. The Morgan fingerprint density at radius 2 is 1.85 bits per heavy atom. The van der Waals surface area contributed by atoms with Crippen molar-refractivity contribution < 1.29 is 19.1 Å².